The second-order valence-corrected chi connectivity index (χ2v) is 2.34. The predicted molar refractivity (Wildman–Crippen MR) is 39.7 cm³/mol. The Bertz CT molecular complexity index is 223. The molecule has 0 aromatic heterocycles. The lowest BCUT2D eigenvalue weighted by Gasteiger charge is -2.27. The average molecular weight is 135 g/mol. The summed E-state index contributed by atoms with van der Waals surface area (Å²) < 4.78 is 0. The van der Waals surface area contributed by atoms with Crippen molar-refractivity contribution in [2.75, 3.05) is 19.6 Å². The van der Waals surface area contributed by atoms with Crippen LogP contribution in [0.4, 0.5) is 0 Å². The van der Waals surface area contributed by atoms with Gasteiger partial charge in [-0.15, -0.1) is 0 Å². The Labute approximate surface area is 59.7 Å². The zero-order valence-electron chi connectivity index (χ0n) is 5.67. The van der Waals surface area contributed by atoms with Crippen molar-refractivity contribution in [3.63, 3.8) is 0 Å². The van der Waals surface area contributed by atoms with Gasteiger partial charge < -0.3 is 10.2 Å². The quantitative estimate of drug-likeness (QED) is 0.471. The third-order valence-corrected chi connectivity index (χ3v) is 1.66. The molecule has 0 spiro atoms. The summed E-state index contributed by atoms with van der Waals surface area (Å²) in [5.41, 5.74) is 2.94. The van der Waals surface area contributed by atoms with Crippen molar-refractivity contribution in [3.05, 3.63) is 18.1 Å². The monoisotopic (exact) mass is 135 g/mol. The van der Waals surface area contributed by atoms with E-state index in [-0.39, 0.29) is 0 Å². The van der Waals surface area contributed by atoms with Gasteiger partial charge in [0.1, 0.15) is 5.84 Å². The molecule has 1 saturated heterocycles. The number of rotatable bonds is 0. The standard InChI is InChI=1S/C7H9N3/c1-2-9-7-6-8-3-5-10(7)4-1/h2,4,8H,3,5-6H2. The first-order valence-electron chi connectivity index (χ1n) is 3.42. The molecule has 0 aromatic rings. The summed E-state index contributed by atoms with van der Waals surface area (Å²) >= 11 is 0. The molecule has 2 aliphatic rings. The fourth-order valence-corrected chi connectivity index (χ4v) is 1.12. The molecule has 1 N–H and O–H groups in total. The number of fused-ring (bicyclic) bond motifs is 1. The Morgan fingerprint density at radius 1 is 1.70 bits per heavy atom. The molecule has 10 heavy (non-hydrogen) atoms. The Hall–Kier alpha value is -1.05. The first-order chi connectivity index (χ1) is 4.97. The third kappa shape index (κ3) is 0.856. The smallest absolute Gasteiger partial charge is 0.123 e. The van der Waals surface area contributed by atoms with Gasteiger partial charge >= 0.3 is 0 Å². The number of hydrogen-bond donors (Lipinski definition) is 1. The molecular formula is C7H9N3. The van der Waals surface area contributed by atoms with Crippen LogP contribution in [0.15, 0.2) is 23.1 Å². The Kier molecular flexibility index (Phi) is 1.31. The molecule has 0 aliphatic carbocycles. The topological polar surface area (TPSA) is 27.6 Å². The number of aliphatic imine (C=N–C) groups is 1. The van der Waals surface area contributed by atoms with Crippen LogP contribution in [0.25, 0.3) is 0 Å². The van der Waals surface area contributed by atoms with Crippen LogP contribution in [0.3, 0.4) is 0 Å². The lowest BCUT2D eigenvalue weighted by Crippen LogP contribution is -2.45. The first kappa shape index (κ1) is 5.71. The summed E-state index contributed by atoms with van der Waals surface area (Å²) in [6.07, 6.45) is 3.65. The van der Waals surface area contributed by atoms with Crippen molar-refractivity contribution >= 4 is 5.84 Å². The minimum absolute atomic E-state index is 0.884. The second kappa shape index (κ2) is 2.29. The van der Waals surface area contributed by atoms with Gasteiger partial charge in [-0.2, -0.15) is 0 Å². The summed E-state index contributed by atoms with van der Waals surface area (Å²) in [6, 6.07) is 0. The molecule has 0 bridgehead atoms. The highest BCUT2D eigenvalue weighted by molar-refractivity contribution is 5.86. The average Bonchev–Trinajstić information content (AvgIpc) is 2.05. The van der Waals surface area contributed by atoms with Gasteiger partial charge in [0.05, 0.1) is 12.7 Å². The Balaban J connectivity index is 2.24. The van der Waals surface area contributed by atoms with Crippen LogP contribution in [0.2, 0.25) is 0 Å². The van der Waals surface area contributed by atoms with Crippen LogP contribution in [0.1, 0.15) is 0 Å². The maximum absolute atomic E-state index is 4.16. The minimum Gasteiger partial charge on any atom is -0.327 e. The zero-order valence-corrected chi connectivity index (χ0v) is 5.67. The molecule has 0 unspecified atom stereocenters. The van der Waals surface area contributed by atoms with Gasteiger partial charge in [-0.1, -0.05) is 5.73 Å². The first-order valence-corrected chi connectivity index (χ1v) is 3.42. The van der Waals surface area contributed by atoms with E-state index in [9.17, 15) is 0 Å². The second-order valence-electron chi connectivity index (χ2n) is 2.34. The van der Waals surface area contributed by atoms with Crippen molar-refractivity contribution in [1.29, 1.82) is 0 Å². The molecule has 0 aromatic carbocycles. The molecule has 2 aliphatic heterocycles. The summed E-state index contributed by atoms with van der Waals surface area (Å²) in [5, 5.41) is 3.24. The maximum Gasteiger partial charge on any atom is 0.123 e. The molecule has 2 heterocycles. The number of nitrogens with one attached hydrogen (secondary N) is 1. The molecule has 52 valence electrons. The van der Waals surface area contributed by atoms with Crippen molar-refractivity contribution in [2.45, 2.75) is 0 Å². The zero-order chi connectivity index (χ0) is 6.81. The van der Waals surface area contributed by atoms with Gasteiger partial charge in [-0.3, -0.25) is 0 Å². The van der Waals surface area contributed by atoms with Crippen LogP contribution >= 0.6 is 0 Å². The van der Waals surface area contributed by atoms with Crippen LogP contribution in [-0.2, 0) is 0 Å². The summed E-state index contributed by atoms with van der Waals surface area (Å²) in [6.45, 7) is 2.94. The lowest BCUT2D eigenvalue weighted by atomic mass is 10.3. The summed E-state index contributed by atoms with van der Waals surface area (Å²) in [7, 11) is 0. The van der Waals surface area contributed by atoms with Crippen molar-refractivity contribution in [1.82, 2.24) is 10.2 Å². The van der Waals surface area contributed by atoms with Crippen LogP contribution in [-0.4, -0.2) is 30.4 Å². The number of nitrogens with zero attached hydrogens (tertiary/aromatic N) is 2. The normalized spacial score (nSPS) is 22.4. The number of hydrogen-bond acceptors (Lipinski definition) is 3. The van der Waals surface area contributed by atoms with Crippen molar-refractivity contribution in [3.8, 4) is 0 Å². The van der Waals surface area contributed by atoms with Crippen LogP contribution in [0.5, 0.6) is 0 Å². The molecule has 0 radical (unpaired) electrons. The maximum atomic E-state index is 4.16. The Morgan fingerprint density at radius 2 is 2.70 bits per heavy atom. The molecule has 1 fully saturated rings. The predicted octanol–water partition coefficient (Wildman–Crippen LogP) is -0.0700. The lowest BCUT2D eigenvalue weighted by molar-refractivity contribution is 0.481. The molecule has 0 saturated carbocycles. The van der Waals surface area contributed by atoms with Crippen LogP contribution < -0.4 is 5.32 Å². The highest BCUT2D eigenvalue weighted by Gasteiger charge is 2.13. The van der Waals surface area contributed by atoms with E-state index >= 15 is 0 Å². The Morgan fingerprint density at radius 3 is 3.60 bits per heavy atom. The summed E-state index contributed by atoms with van der Waals surface area (Å²) in [4.78, 5) is 6.29. The molecule has 2 rings (SSSR count). The van der Waals surface area contributed by atoms with Gasteiger partial charge in [0.2, 0.25) is 0 Å². The fraction of sp³-hybridized carbons (Fsp3) is 0.429. The fourth-order valence-electron chi connectivity index (χ4n) is 1.12. The summed E-state index contributed by atoms with van der Waals surface area (Å²) in [5.74, 6) is 1.10. The van der Waals surface area contributed by atoms with Gasteiger partial charge in [0, 0.05) is 19.3 Å². The van der Waals surface area contributed by atoms with E-state index in [1.165, 1.54) is 0 Å². The highest BCUT2D eigenvalue weighted by atomic mass is 15.2. The molecule has 0 amide bonds. The van der Waals surface area contributed by atoms with E-state index in [4.69, 9.17) is 0 Å². The van der Waals surface area contributed by atoms with Crippen molar-refractivity contribution < 1.29 is 0 Å². The third-order valence-electron chi connectivity index (χ3n) is 1.66. The van der Waals surface area contributed by atoms with E-state index in [2.05, 4.69) is 20.9 Å². The molecular weight excluding hydrogens is 126 g/mol. The molecule has 0 atom stereocenters. The highest BCUT2D eigenvalue weighted by Crippen LogP contribution is 2.00. The van der Waals surface area contributed by atoms with Crippen molar-refractivity contribution in [2.24, 2.45) is 4.99 Å². The number of amidine groups is 1. The minimum atomic E-state index is 0.884. The largest absolute Gasteiger partial charge is 0.327 e. The number of piperazine rings is 1. The SMILES string of the molecule is C1=CN=C2CNCCN2C=1. The van der Waals surface area contributed by atoms with Gasteiger partial charge in [0.25, 0.3) is 0 Å². The van der Waals surface area contributed by atoms with E-state index in [1.807, 2.05) is 6.20 Å². The van der Waals surface area contributed by atoms with E-state index in [1.54, 1.807) is 6.20 Å². The van der Waals surface area contributed by atoms with E-state index in [0.29, 0.717) is 0 Å². The molecule has 3 nitrogen and oxygen atoms in total. The van der Waals surface area contributed by atoms with Gasteiger partial charge in [-0.25, -0.2) is 4.99 Å². The molecule has 3 heteroatoms. The van der Waals surface area contributed by atoms with Crippen LogP contribution in [0, 0.1) is 0 Å². The van der Waals surface area contributed by atoms with E-state index < -0.39 is 0 Å². The van der Waals surface area contributed by atoms with Gasteiger partial charge in [-0.05, 0) is 0 Å². The van der Waals surface area contributed by atoms with Gasteiger partial charge in [0.15, 0.2) is 0 Å². The van der Waals surface area contributed by atoms with E-state index in [0.717, 1.165) is 25.5 Å².